The van der Waals surface area contributed by atoms with Crippen LogP contribution in [0.3, 0.4) is 0 Å². The standard InChI is InChI=1S/C17H19N3O4/c1-20-15(14(10-18-20)17(22)23)16(21)19-11-6-8-13(9-7-11)24-12-4-2-3-5-12/h6-10,12H,2-5H2,1H3,(H,19,21)(H,22,23). The van der Waals surface area contributed by atoms with Crippen molar-refractivity contribution in [2.45, 2.75) is 31.8 Å². The molecule has 1 heterocycles. The molecule has 1 aliphatic carbocycles. The van der Waals surface area contributed by atoms with E-state index in [4.69, 9.17) is 9.84 Å². The number of nitrogens with zero attached hydrogens (tertiary/aromatic N) is 2. The first-order valence-corrected chi connectivity index (χ1v) is 7.88. The van der Waals surface area contributed by atoms with Crippen LogP contribution < -0.4 is 10.1 Å². The molecule has 2 N–H and O–H groups in total. The number of carbonyl (C=O) groups excluding carboxylic acids is 1. The lowest BCUT2D eigenvalue weighted by atomic mass is 10.2. The molecule has 0 bridgehead atoms. The summed E-state index contributed by atoms with van der Waals surface area (Å²) in [6, 6.07) is 7.07. The van der Waals surface area contributed by atoms with Crippen molar-refractivity contribution in [3.63, 3.8) is 0 Å². The van der Waals surface area contributed by atoms with E-state index in [2.05, 4.69) is 10.4 Å². The third-order valence-electron chi connectivity index (χ3n) is 4.10. The van der Waals surface area contributed by atoms with Crippen LogP contribution >= 0.6 is 0 Å². The van der Waals surface area contributed by atoms with Gasteiger partial charge < -0.3 is 15.2 Å². The zero-order valence-electron chi connectivity index (χ0n) is 13.4. The topological polar surface area (TPSA) is 93.5 Å². The quantitative estimate of drug-likeness (QED) is 0.879. The van der Waals surface area contributed by atoms with Gasteiger partial charge in [-0.3, -0.25) is 9.48 Å². The number of carbonyl (C=O) groups is 2. The van der Waals surface area contributed by atoms with E-state index >= 15 is 0 Å². The fourth-order valence-corrected chi connectivity index (χ4v) is 2.87. The smallest absolute Gasteiger partial charge is 0.339 e. The number of aromatic nitrogens is 2. The zero-order chi connectivity index (χ0) is 17.1. The van der Waals surface area contributed by atoms with Crippen LogP contribution in [0, 0.1) is 0 Å². The highest BCUT2D eigenvalue weighted by atomic mass is 16.5. The summed E-state index contributed by atoms with van der Waals surface area (Å²) in [5, 5.41) is 15.6. The van der Waals surface area contributed by atoms with Gasteiger partial charge in [-0.1, -0.05) is 0 Å². The Bertz CT molecular complexity index is 746. The van der Waals surface area contributed by atoms with Gasteiger partial charge in [0.15, 0.2) is 0 Å². The van der Waals surface area contributed by atoms with Crippen molar-refractivity contribution in [2.24, 2.45) is 7.05 Å². The Hall–Kier alpha value is -2.83. The van der Waals surface area contributed by atoms with Crippen LogP contribution in [-0.4, -0.2) is 32.9 Å². The number of aromatic carboxylic acids is 1. The number of rotatable bonds is 5. The molecule has 0 saturated heterocycles. The van der Waals surface area contributed by atoms with Crippen molar-refractivity contribution in [2.75, 3.05) is 5.32 Å². The first kappa shape index (κ1) is 16.0. The molecule has 1 aromatic carbocycles. The highest BCUT2D eigenvalue weighted by Gasteiger charge is 2.22. The predicted molar refractivity (Wildman–Crippen MR) is 87.4 cm³/mol. The maximum atomic E-state index is 12.3. The highest BCUT2D eigenvalue weighted by molar-refractivity contribution is 6.09. The lowest BCUT2D eigenvalue weighted by Gasteiger charge is -2.13. The number of amides is 1. The second kappa shape index (κ2) is 6.74. The van der Waals surface area contributed by atoms with Crippen molar-refractivity contribution < 1.29 is 19.4 Å². The number of carboxylic acids is 1. The Labute approximate surface area is 139 Å². The summed E-state index contributed by atoms with van der Waals surface area (Å²) in [5.74, 6) is -0.933. The molecule has 1 fully saturated rings. The number of ether oxygens (including phenoxy) is 1. The summed E-state index contributed by atoms with van der Waals surface area (Å²) in [5.41, 5.74) is 0.446. The van der Waals surface area contributed by atoms with Crippen LogP contribution in [0.5, 0.6) is 5.75 Å². The molecule has 3 rings (SSSR count). The molecule has 1 saturated carbocycles. The van der Waals surface area contributed by atoms with E-state index < -0.39 is 11.9 Å². The van der Waals surface area contributed by atoms with Gasteiger partial charge >= 0.3 is 5.97 Å². The van der Waals surface area contributed by atoms with E-state index in [1.807, 2.05) is 0 Å². The van der Waals surface area contributed by atoms with Gasteiger partial charge in [-0.05, 0) is 49.9 Å². The van der Waals surface area contributed by atoms with Crippen LogP contribution in [0.15, 0.2) is 30.5 Å². The summed E-state index contributed by atoms with van der Waals surface area (Å²) in [7, 11) is 1.53. The van der Waals surface area contributed by atoms with Gasteiger partial charge in [0.25, 0.3) is 5.91 Å². The molecule has 0 aliphatic heterocycles. The summed E-state index contributed by atoms with van der Waals surface area (Å²) >= 11 is 0. The monoisotopic (exact) mass is 329 g/mol. The average molecular weight is 329 g/mol. The molecule has 24 heavy (non-hydrogen) atoms. The Balaban J connectivity index is 1.68. The third-order valence-corrected chi connectivity index (χ3v) is 4.10. The average Bonchev–Trinajstić information content (AvgIpc) is 3.18. The second-order valence-electron chi connectivity index (χ2n) is 5.84. The van der Waals surface area contributed by atoms with Crippen LogP contribution in [-0.2, 0) is 7.05 Å². The first-order chi connectivity index (χ1) is 11.5. The molecule has 1 aromatic heterocycles. The van der Waals surface area contributed by atoms with E-state index in [-0.39, 0.29) is 17.4 Å². The lowest BCUT2D eigenvalue weighted by molar-refractivity contribution is 0.0692. The molecule has 126 valence electrons. The van der Waals surface area contributed by atoms with E-state index in [9.17, 15) is 9.59 Å². The minimum atomic E-state index is -1.19. The Kier molecular flexibility index (Phi) is 4.50. The largest absolute Gasteiger partial charge is 0.490 e. The summed E-state index contributed by atoms with van der Waals surface area (Å²) in [6.45, 7) is 0. The zero-order valence-corrected chi connectivity index (χ0v) is 13.4. The molecular formula is C17H19N3O4. The van der Waals surface area contributed by atoms with Gasteiger partial charge in [-0.2, -0.15) is 5.10 Å². The normalized spacial score (nSPS) is 14.5. The number of hydrogen-bond donors (Lipinski definition) is 2. The second-order valence-corrected chi connectivity index (χ2v) is 5.84. The van der Waals surface area contributed by atoms with Crippen LogP contribution in [0.4, 0.5) is 5.69 Å². The maximum absolute atomic E-state index is 12.3. The maximum Gasteiger partial charge on any atom is 0.339 e. The minimum absolute atomic E-state index is 0.00813. The van der Waals surface area contributed by atoms with Crippen molar-refractivity contribution >= 4 is 17.6 Å². The fraction of sp³-hybridized carbons (Fsp3) is 0.353. The Morgan fingerprint density at radius 1 is 1.25 bits per heavy atom. The number of anilines is 1. The number of carboxylic acid groups (broad SMARTS) is 1. The highest BCUT2D eigenvalue weighted by Crippen LogP contribution is 2.25. The van der Waals surface area contributed by atoms with Crippen LogP contribution in [0.1, 0.15) is 46.5 Å². The van der Waals surface area contributed by atoms with E-state index in [0.29, 0.717) is 5.69 Å². The molecule has 0 atom stereocenters. The molecule has 2 aromatic rings. The lowest BCUT2D eigenvalue weighted by Crippen LogP contribution is -2.19. The molecule has 7 nitrogen and oxygen atoms in total. The first-order valence-electron chi connectivity index (χ1n) is 7.88. The summed E-state index contributed by atoms with van der Waals surface area (Å²) in [4.78, 5) is 23.5. The van der Waals surface area contributed by atoms with Crippen molar-refractivity contribution in [1.29, 1.82) is 0 Å². The molecule has 7 heteroatoms. The van der Waals surface area contributed by atoms with Gasteiger partial charge in [0.1, 0.15) is 17.0 Å². The Morgan fingerprint density at radius 2 is 1.92 bits per heavy atom. The third kappa shape index (κ3) is 3.40. The predicted octanol–water partition coefficient (Wildman–Crippen LogP) is 2.69. The molecule has 1 aliphatic rings. The summed E-state index contributed by atoms with van der Waals surface area (Å²) < 4.78 is 7.12. The van der Waals surface area contributed by atoms with Crippen molar-refractivity contribution in [1.82, 2.24) is 9.78 Å². The fourth-order valence-electron chi connectivity index (χ4n) is 2.87. The number of benzene rings is 1. The molecule has 0 radical (unpaired) electrons. The minimum Gasteiger partial charge on any atom is -0.490 e. The van der Waals surface area contributed by atoms with Gasteiger partial charge in [0.05, 0.1) is 12.3 Å². The molecule has 1 amide bonds. The summed E-state index contributed by atoms with van der Waals surface area (Å²) in [6.07, 6.45) is 6.01. The molecule has 0 unspecified atom stereocenters. The van der Waals surface area contributed by atoms with Gasteiger partial charge in [-0.15, -0.1) is 0 Å². The van der Waals surface area contributed by atoms with Crippen molar-refractivity contribution in [3.05, 3.63) is 41.7 Å². The molecular weight excluding hydrogens is 310 g/mol. The van der Waals surface area contributed by atoms with Gasteiger partial charge in [0.2, 0.25) is 0 Å². The van der Waals surface area contributed by atoms with E-state index in [1.165, 1.54) is 24.6 Å². The number of hydrogen-bond acceptors (Lipinski definition) is 4. The van der Waals surface area contributed by atoms with Gasteiger partial charge in [-0.25, -0.2) is 4.79 Å². The number of nitrogens with one attached hydrogen (secondary N) is 1. The van der Waals surface area contributed by atoms with Crippen LogP contribution in [0.25, 0.3) is 0 Å². The number of aryl methyl sites for hydroxylation is 1. The SMILES string of the molecule is Cn1ncc(C(=O)O)c1C(=O)Nc1ccc(OC2CCCC2)cc1. The van der Waals surface area contributed by atoms with E-state index in [1.54, 1.807) is 24.3 Å². The van der Waals surface area contributed by atoms with Crippen LogP contribution in [0.2, 0.25) is 0 Å². The Morgan fingerprint density at radius 3 is 2.54 bits per heavy atom. The van der Waals surface area contributed by atoms with Gasteiger partial charge in [0, 0.05) is 12.7 Å². The van der Waals surface area contributed by atoms with E-state index in [0.717, 1.165) is 24.8 Å². The molecule has 0 spiro atoms. The van der Waals surface area contributed by atoms with Crippen molar-refractivity contribution in [3.8, 4) is 5.75 Å².